The van der Waals surface area contributed by atoms with Crippen LogP contribution in [0.4, 0.5) is 10.2 Å². The Morgan fingerprint density at radius 1 is 1.00 bits per heavy atom. The number of halogens is 1. The largest absolute Gasteiger partial charge is 0.367 e. The zero-order valence-corrected chi connectivity index (χ0v) is 14.2. The van der Waals surface area contributed by atoms with Gasteiger partial charge in [0.25, 0.3) is 11.8 Å². The Balaban J connectivity index is 1.85. The first-order valence-corrected chi connectivity index (χ1v) is 8.01. The normalized spacial score (nSPS) is 10.4. The van der Waals surface area contributed by atoms with Gasteiger partial charge in [0.15, 0.2) is 0 Å². The molecule has 0 fully saturated rings. The number of hydrogen-bond donors (Lipinski definition) is 3. The molecule has 2 aromatic rings. The second-order valence-electron chi connectivity index (χ2n) is 5.69. The Hall–Kier alpha value is -2.96. The molecule has 0 saturated heterocycles. The number of hydrogen-bond acceptors (Lipinski definition) is 4. The van der Waals surface area contributed by atoms with Crippen molar-refractivity contribution >= 4 is 17.6 Å². The first-order chi connectivity index (χ1) is 12.0. The number of benzene rings is 1. The Bertz CT molecular complexity index is 749. The fourth-order valence-electron chi connectivity index (χ4n) is 2.16. The van der Waals surface area contributed by atoms with Crippen LogP contribution in [-0.4, -0.2) is 35.9 Å². The predicted octanol–water partition coefficient (Wildman–Crippen LogP) is 2.20. The maximum atomic E-state index is 13.5. The van der Waals surface area contributed by atoms with Crippen LogP contribution in [0.15, 0.2) is 42.6 Å². The second kappa shape index (κ2) is 8.77. The Labute approximate surface area is 145 Å². The van der Waals surface area contributed by atoms with Gasteiger partial charge in [0.1, 0.15) is 11.6 Å². The summed E-state index contributed by atoms with van der Waals surface area (Å²) in [5.74, 6) is -0.888. The fraction of sp³-hybridized carbons (Fsp3) is 0.278. The van der Waals surface area contributed by atoms with E-state index in [9.17, 15) is 14.0 Å². The molecule has 132 valence electrons. The van der Waals surface area contributed by atoms with Crippen LogP contribution in [0.25, 0.3) is 0 Å². The average Bonchev–Trinajstić information content (AvgIpc) is 2.58. The van der Waals surface area contributed by atoms with Gasteiger partial charge in [0.2, 0.25) is 0 Å². The van der Waals surface area contributed by atoms with Crippen LogP contribution < -0.4 is 16.0 Å². The highest BCUT2D eigenvalue weighted by molar-refractivity contribution is 5.98. The minimum Gasteiger partial charge on any atom is -0.367 e. The molecule has 0 radical (unpaired) electrons. The van der Waals surface area contributed by atoms with Gasteiger partial charge < -0.3 is 16.0 Å². The second-order valence-corrected chi connectivity index (χ2v) is 5.69. The van der Waals surface area contributed by atoms with Crippen LogP contribution in [0.3, 0.4) is 0 Å². The number of nitrogens with zero attached hydrogens (tertiary/aromatic N) is 1. The molecule has 0 saturated carbocycles. The van der Waals surface area contributed by atoms with Crippen molar-refractivity contribution < 1.29 is 14.0 Å². The lowest BCUT2D eigenvalue weighted by molar-refractivity contribution is 0.0925. The summed E-state index contributed by atoms with van der Waals surface area (Å²) in [7, 11) is 0. The molecule has 2 amide bonds. The van der Waals surface area contributed by atoms with Crippen molar-refractivity contribution in [2.24, 2.45) is 0 Å². The molecule has 0 unspecified atom stereocenters. The van der Waals surface area contributed by atoms with Gasteiger partial charge in [-0.15, -0.1) is 0 Å². The molecule has 0 aliphatic carbocycles. The molecule has 2 rings (SSSR count). The van der Waals surface area contributed by atoms with Crippen LogP contribution in [0, 0.1) is 5.82 Å². The van der Waals surface area contributed by atoms with E-state index < -0.39 is 11.7 Å². The van der Waals surface area contributed by atoms with Crippen LogP contribution in [0.2, 0.25) is 0 Å². The summed E-state index contributed by atoms with van der Waals surface area (Å²) >= 11 is 0. The van der Waals surface area contributed by atoms with Crippen molar-refractivity contribution in [2.45, 2.75) is 19.9 Å². The monoisotopic (exact) mass is 344 g/mol. The number of nitrogens with one attached hydrogen (secondary N) is 3. The van der Waals surface area contributed by atoms with Gasteiger partial charge in [0, 0.05) is 25.3 Å². The van der Waals surface area contributed by atoms with E-state index in [1.165, 1.54) is 18.2 Å². The zero-order chi connectivity index (χ0) is 18.2. The van der Waals surface area contributed by atoms with E-state index in [1.54, 1.807) is 24.4 Å². The number of pyridine rings is 1. The number of amides is 2. The molecular weight excluding hydrogens is 323 g/mol. The fourth-order valence-corrected chi connectivity index (χ4v) is 2.16. The van der Waals surface area contributed by atoms with Gasteiger partial charge in [-0.2, -0.15) is 0 Å². The topological polar surface area (TPSA) is 83.1 Å². The average molecular weight is 344 g/mol. The van der Waals surface area contributed by atoms with Gasteiger partial charge in [-0.1, -0.05) is 12.1 Å². The van der Waals surface area contributed by atoms with Gasteiger partial charge >= 0.3 is 0 Å². The smallest absolute Gasteiger partial charge is 0.255 e. The summed E-state index contributed by atoms with van der Waals surface area (Å²) in [6.45, 7) is 4.31. The lowest BCUT2D eigenvalue weighted by Crippen LogP contribution is -2.35. The Morgan fingerprint density at radius 3 is 2.24 bits per heavy atom. The highest BCUT2D eigenvalue weighted by atomic mass is 19.1. The van der Waals surface area contributed by atoms with Crippen molar-refractivity contribution in [3.63, 3.8) is 0 Å². The zero-order valence-electron chi connectivity index (χ0n) is 14.2. The van der Waals surface area contributed by atoms with Crippen molar-refractivity contribution in [1.82, 2.24) is 15.6 Å². The van der Waals surface area contributed by atoms with Gasteiger partial charge in [-0.25, -0.2) is 9.37 Å². The van der Waals surface area contributed by atoms with E-state index in [4.69, 9.17) is 0 Å². The third kappa shape index (κ3) is 5.27. The number of aromatic nitrogens is 1. The highest BCUT2D eigenvalue weighted by Crippen LogP contribution is 2.12. The van der Waals surface area contributed by atoms with Crippen LogP contribution in [0.1, 0.15) is 34.6 Å². The maximum absolute atomic E-state index is 13.5. The molecule has 1 aromatic heterocycles. The lowest BCUT2D eigenvalue weighted by Gasteiger charge is -2.13. The number of rotatable bonds is 7. The Morgan fingerprint density at radius 2 is 1.60 bits per heavy atom. The predicted molar refractivity (Wildman–Crippen MR) is 94.1 cm³/mol. The molecular formula is C18H21FN4O2. The summed E-state index contributed by atoms with van der Waals surface area (Å²) in [5, 5.41) is 8.38. The van der Waals surface area contributed by atoms with E-state index in [0.29, 0.717) is 11.4 Å². The molecule has 7 heteroatoms. The van der Waals surface area contributed by atoms with Gasteiger partial charge in [-0.05, 0) is 38.1 Å². The van der Waals surface area contributed by atoms with E-state index >= 15 is 0 Å². The van der Waals surface area contributed by atoms with Crippen molar-refractivity contribution in [2.75, 3.05) is 18.4 Å². The number of carbonyl (C=O) groups excluding carboxylic acids is 2. The quantitative estimate of drug-likeness (QED) is 0.673. The first kappa shape index (κ1) is 18.4. The van der Waals surface area contributed by atoms with Gasteiger partial charge in [0.05, 0.1) is 11.1 Å². The summed E-state index contributed by atoms with van der Waals surface area (Å²) in [6, 6.07) is 9.23. The summed E-state index contributed by atoms with van der Waals surface area (Å²) in [4.78, 5) is 28.3. The van der Waals surface area contributed by atoms with Crippen molar-refractivity contribution in [3.8, 4) is 0 Å². The van der Waals surface area contributed by atoms with Crippen molar-refractivity contribution in [3.05, 3.63) is 59.5 Å². The molecule has 0 spiro atoms. The van der Waals surface area contributed by atoms with Crippen molar-refractivity contribution in [1.29, 1.82) is 0 Å². The van der Waals surface area contributed by atoms with E-state index in [2.05, 4.69) is 20.9 Å². The minimum absolute atomic E-state index is 0.0236. The number of carbonyl (C=O) groups is 2. The third-order valence-electron chi connectivity index (χ3n) is 3.29. The lowest BCUT2D eigenvalue weighted by atomic mass is 10.2. The molecule has 3 N–H and O–H groups in total. The van der Waals surface area contributed by atoms with Crippen LogP contribution >= 0.6 is 0 Å². The molecule has 0 aliphatic heterocycles. The standard InChI is InChI=1S/C18H21FN4O2/c1-12(2)23-16-14(7-5-9-20-16)18(25)22-11-10-21-17(24)13-6-3-4-8-15(13)19/h3-9,12H,10-11H2,1-2H3,(H,20,23)(H,21,24)(H,22,25). The molecule has 0 bridgehead atoms. The maximum Gasteiger partial charge on any atom is 0.255 e. The molecule has 1 aromatic carbocycles. The summed E-state index contributed by atoms with van der Waals surface area (Å²) < 4.78 is 13.5. The Kier molecular flexibility index (Phi) is 6.45. The summed E-state index contributed by atoms with van der Waals surface area (Å²) in [6.07, 6.45) is 1.61. The molecule has 0 atom stereocenters. The first-order valence-electron chi connectivity index (χ1n) is 8.01. The van der Waals surface area contributed by atoms with E-state index in [0.717, 1.165) is 0 Å². The molecule has 25 heavy (non-hydrogen) atoms. The third-order valence-corrected chi connectivity index (χ3v) is 3.29. The SMILES string of the molecule is CC(C)Nc1ncccc1C(=O)NCCNC(=O)c1ccccc1F. The van der Waals surface area contributed by atoms with Crippen LogP contribution in [0.5, 0.6) is 0 Å². The van der Waals surface area contributed by atoms with E-state index in [-0.39, 0.29) is 30.6 Å². The number of anilines is 1. The van der Waals surface area contributed by atoms with E-state index in [1.807, 2.05) is 13.8 Å². The molecule has 0 aliphatic rings. The van der Waals surface area contributed by atoms with Gasteiger partial charge in [-0.3, -0.25) is 9.59 Å². The van der Waals surface area contributed by atoms with Crippen LogP contribution in [-0.2, 0) is 0 Å². The highest BCUT2D eigenvalue weighted by Gasteiger charge is 2.13. The minimum atomic E-state index is -0.580. The molecule has 6 nitrogen and oxygen atoms in total. The summed E-state index contributed by atoms with van der Waals surface area (Å²) in [5.41, 5.74) is 0.404. The molecule has 1 heterocycles.